The molecule has 6 nitrogen and oxygen atoms in total. The zero-order valence-electron chi connectivity index (χ0n) is 11.1. The lowest BCUT2D eigenvalue weighted by atomic mass is 10.0. The van der Waals surface area contributed by atoms with E-state index in [0.717, 1.165) is 5.56 Å². The number of aromatic carboxylic acids is 1. The van der Waals surface area contributed by atoms with Gasteiger partial charge in [-0.3, -0.25) is 4.68 Å². The Morgan fingerprint density at radius 1 is 1.45 bits per heavy atom. The van der Waals surface area contributed by atoms with Crippen LogP contribution in [0, 0.1) is 6.92 Å². The van der Waals surface area contributed by atoms with Crippen molar-refractivity contribution in [3.05, 3.63) is 27.9 Å². The largest absolute Gasteiger partial charge is 0.504 e. The van der Waals surface area contributed by atoms with E-state index in [1.54, 1.807) is 7.05 Å². The van der Waals surface area contributed by atoms with Crippen LogP contribution in [0.4, 0.5) is 0 Å². The molecule has 1 aromatic heterocycles. The van der Waals surface area contributed by atoms with E-state index in [2.05, 4.69) is 21.0 Å². The summed E-state index contributed by atoms with van der Waals surface area (Å²) in [7, 11) is 3.08. The van der Waals surface area contributed by atoms with Crippen molar-refractivity contribution in [1.29, 1.82) is 0 Å². The summed E-state index contributed by atoms with van der Waals surface area (Å²) in [5.74, 6) is -0.855. The number of hydrogen-bond acceptors (Lipinski definition) is 4. The van der Waals surface area contributed by atoms with Gasteiger partial charge >= 0.3 is 5.97 Å². The van der Waals surface area contributed by atoms with Crippen LogP contribution in [0.3, 0.4) is 0 Å². The van der Waals surface area contributed by atoms with Gasteiger partial charge in [-0.2, -0.15) is 5.10 Å². The van der Waals surface area contributed by atoms with Crippen LogP contribution in [0.2, 0.25) is 0 Å². The highest BCUT2D eigenvalue weighted by Gasteiger charge is 2.21. The van der Waals surface area contributed by atoms with Gasteiger partial charge in [0.1, 0.15) is 0 Å². The topological polar surface area (TPSA) is 84.6 Å². The van der Waals surface area contributed by atoms with Crippen molar-refractivity contribution in [1.82, 2.24) is 9.78 Å². The molecule has 0 atom stereocenters. The van der Waals surface area contributed by atoms with Gasteiger partial charge in [0.15, 0.2) is 17.2 Å². The zero-order chi connectivity index (χ0) is 15.0. The van der Waals surface area contributed by atoms with Gasteiger partial charge < -0.3 is 14.9 Å². The summed E-state index contributed by atoms with van der Waals surface area (Å²) < 4.78 is 7.37. The Hall–Kier alpha value is -2.02. The fraction of sp³-hybridized carbons (Fsp3) is 0.231. The Kier molecular flexibility index (Phi) is 3.71. The number of carboxylic acid groups (broad SMARTS) is 1. The number of carbonyl (C=O) groups is 1. The number of benzene rings is 1. The molecule has 2 aromatic rings. The molecule has 0 unspecified atom stereocenters. The molecule has 0 amide bonds. The molecule has 0 fully saturated rings. The zero-order valence-corrected chi connectivity index (χ0v) is 12.7. The van der Waals surface area contributed by atoms with Crippen molar-refractivity contribution in [2.75, 3.05) is 7.11 Å². The Balaban J connectivity index is 2.78. The predicted octanol–water partition coefficient (Wildman–Crippen LogP) is 2.57. The van der Waals surface area contributed by atoms with E-state index in [0.29, 0.717) is 15.7 Å². The molecule has 0 aliphatic carbocycles. The Morgan fingerprint density at radius 2 is 2.10 bits per heavy atom. The van der Waals surface area contributed by atoms with Gasteiger partial charge in [-0.05, 0) is 24.6 Å². The highest BCUT2D eigenvalue weighted by atomic mass is 79.9. The molecule has 20 heavy (non-hydrogen) atoms. The molecule has 2 rings (SSSR count). The van der Waals surface area contributed by atoms with Crippen molar-refractivity contribution in [2.24, 2.45) is 7.05 Å². The molecule has 2 N–H and O–H groups in total. The summed E-state index contributed by atoms with van der Waals surface area (Å²) in [5, 5.41) is 22.9. The third kappa shape index (κ3) is 2.24. The van der Waals surface area contributed by atoms with Gasteiger partial charge in [-0.25, -0.2) is 4.79 Å². The highest BCUT2D eigenvalue weighted by Crippen LogP contribution is 2.43. The van der Waals surface area contributed by atoms with E-state index in [4.69, 9.17) is 9.84 Å². The van der Waals surface area contributed by atoms with E-state index in [9.17, 15) is 9.90 Å². The van der Waals surface area contributed by atoms with Crippen LogP contribution in [0.15, 0.2) is 16.6 Å². The maximum absolute atomic E-state index is 11.0. The number of nitrogens with zero attached hydrogens (tertiary/aromatic N) is 2. The second kappa shape index (κ2) is 5.16. The third-order valence-electron chi connectivity index (χ3n) is 3.02. The summed E-state index contributed by atoms with van der Waals surface area (Å²) >= 11 is 3.36. The molecule has 106 valence electrons. The van der Waals surface area contributed by atoms with Gasteiger partial charge in [-0.15, -0.1) is 0 Å². The molecule has 0 spiro atoms. The number of aromatic hydroxyl groups is 1. The average molecular weight is 341 g/mol. The summed E-state index contributed by atoms with van der Waals surface area (Å²) in [4.78, 5) is 11.0. The number of aromatic nitrogens is 2. The third-order valence-corrected chi connectivity index (χ3v) is 3.84. The number of methoxy groups -OCH3 is 1. The molecule has 0 saturated carbocycles. The summed E-state index contributed by atoms with van der Waals surface area (Å²) in [6, 6.07) is 2.98. The first-order valence-electron chi connectivity index (χ1n) is 5.70. The number of aryl methyl sites for hydroxylation is 1. The first-order chi connectivity index (χ1) is 9.36. The molecule has 1 heterocycles. The van der Waals surface area contributed by atoms with Gasteiger partial charge in [0, 0.05) is 17.1 Å². The molecule has 0 saturated heterocycles. The SMILES string of the molecule is COc1c(O)cc(Br)c(C)c1-c1cc(C(=O)O)nn1C. The first-order valence-corrected chi connectivity index (χ1v) is 6.49. The minimum absolute atomic E-state index is 0.0296. The molecular formula is C13H13BrN2O4. The molecule has 0 radical (unpaired) electrons. The smallest absolute Gasteiger partial charge is 0.356 e. The number of rotatable bonds is 3. The van der Waals surface area contributed by atoms with Gasteiger partial charge in [-0.1, -0.05) is 15.9 Å². The predicted molar refractivity (Wildman–Crippen MR) is 76.3 cm³/mol. The van der Waals surface area contributed by atoms with E-state index in [1.165, 1.54) is 23.9 Å². The second-order valence-corrected chi connectivity index (χ2v) is 5.11. The highest BCUT2D eigenvalue weighted by molar-refractivity contribution is 9.10. The number of halogens is 1. The second-order valence-electron chi connectivity index (χ2n) is 4.25. The maximum Gasteiger partial charge on any atom is 0.356 e. The van der Waals surface area contributed by atoms with Crippen molar-refractivity contribution in [3.8, 4) is 22.8 Å². The average Bonchev–Trinajstić information content (AvgIpc) is 2.75. The standard InChI is InChI=1S/C13H13BrN2O4/c1-6-7(14)4-10(17)12(20-3)11(6)9-5-8(13(18)19)15-16(9)2/h4-5,17H,1-3H3,(H,18,19). The lowest BCUT2D eigenvalue weighted by Gasteiger charge is -2.14. The van der Waals surface area contributed by atoms with E-state index in [-0.39, 0.29) is 17.2 Å². The van der Waals surface area contributed by atoms with Crippen LogP contribution < -0.4 is 4.74 Å². The van der Waals surface area contributed by atoms with Crippen LogP contribution in [0.25, 0.3) is 11.3 Å². The normalized spacial score (nSPS) is 10.6. The van der Waals surface area contributed by atoms with Gasteiger partial charge in [0.25, 0.3) is 0 Å². The fourth-order valence-electron chi connectivity index (χ4n) is 2.03. The molecule has 0 bridgehead atoms. The van der Waals surface area contributed by atoms with Crippen molar-refractivity contribution in [2.45, 2.75) is 6.92 Å². The fourth-order valence-corrected chi connectivity index (χ4v) is 2.45. The lowest BCUT2D eigenvalue weighted by molar-refractivity contribution is 0.0689. The summed E-state index contributed by atoms with van der Waals surface area (Å²) in [5.41, 5.74) is 1.90. The molecular weight excluding hydrogens is 328 g/mol. The Morgan fingerprint density at radius 3 is 2.60 bits per heavy atom. The van der Waals surface area contributed by atoms with Crippen LogP contribution in [-0.2, 0) is 7.05 Å². The molecule has 1 aromatic carbocycles. The Bertz CT molecular complexity index is 694. The van der Waals surface area contributed by atoms with E-state index < -0.39 is 5.97 Å². The van der Waals surface area contributed by atoms with Gasteiger partial charge in [0.2, 0.25) is 0 Å². The number of phenols is 1. The summed E-state index contributed by atoms with van der Waals surface area (Å²) in [6.45, 7) is 1.84. The summed E-state index contributed by atoms with van der Waals surface area (Å²) in [6.07, 6.45) is 0. The Labute approximate surface area is 123 Å². The van der Waals surface area contributed by atoms with Crippen LogP contribution in [0.1, 0.15) is 16.1 Å². The number of phenolic OH excluding ortho intramolecular Hbond substituents is 1. The van der Waals surface area contributed by atoms with Crippen LogP contribution in [-0.4, -0.2) is 33.1 Å². The maximum atomic E-state index is 11.0. The van der Waals surface area contributed by atoms with Crippen molar-refractivity contribution >= 4 is 21.9 Å². The van der Waals surface area contributed by atoms with Crippen LogP contribution >= 0.6 is 15.9 Å². The number of hydrogen-bond donors (Lipinski definition) is 2. The quantitative estimate of drug-likeness (QED) is 0.896. The monoisotopic (exact) mass is 340 g/mol. The number of ether oxygens (including phenoxy) is 1. The van der Waals surface area contributed by atoms with Crippen molar-refractivity contribution < 1.29 is 19.7 Å². The lowest BCUT2D eigenvalue weighted by Crippen LogP contribution is -2.00. The molecule has 7 heteroatoms. The first kappa shape index (κ1) is 14.4. The minimum Gasteiger partial charge on any atom is -0.504 e. The number of carboxylic acids is 1. The van der Waals surface area contributed by atoms with Crippen LogP contribution in [0.5, 0.6) is 11.5 Å². The van der Waals surface area contributed by atoms with Crippen molar-refractivity contribution in [3.63, 3.8) is 0 Å². The molecule has 0 aliphatic heterocycles. The van der Waals surface area contributed by atoms with Gasteiger partial charge in [0.05, 0.1) is 12.8 Å². The van der Waals surface area contributed by atoms with E-state index >= 15 is 0 Å². The van der Waals surface area contributed by atoms with E-state index in [1.807, 2.05) is 6.92 Å². The minimum atomic E-state index is -1.11. The molecule has 0 aliphatic rings.